The van der Waals surface area contributed by atoms with Crippen molar-refractivity contribution in [2.24, 2.45) is 5.92 Å². The summed E-state index contributed by atoms with van der Waals surface area (Å²) in [5, 5.41) is 0. The predicted octanol–water partition coefficient (Wildman–Crippen LogP) is 1.96. The van der Waals surface area contributed by atoms with Crippen LogP contribution in [0, 0.1) is 5.92 Å². The SMILES string of the molecule is CCN(C)c1ccn([C@H]2CS[C@@H](COCC(C)C)O2)c(=O)n1. The van der Waals surface area contributed by atoms with Crippen LogP contribution in [0.2, 0.25) is 0 Å². The smallest absolute Gasteiger partial charge is 0.351 e. The number of hydrogen-bond donors (Lipinski definition) is 0. The van der Waals surface area contributed by atoms with Gasteiger partial charge in [0.15, 0.2) is 0 Å². The molecule has 0 saturated carbocycles. The first-order chi connectivity index (χ1) is 10.5. The molecule has 6 nitrogen and oxygen atoms in total. The van der Waals surface area contributed by atoms with E-state index in [1.165, 1.54) is 0 Å². The molecule has 1 fully saturated rings. The molecule has 1 aliphatic rings. The van der Waals surface area contributed by atoms with E-state index in [-0.39, 0.29) is 17.4 Å². The summed E-state index contributed by atoms with van der Waals surface area (Å²) in [6.45, 7) is 8.34. The van der Waals surface area contributed by atoms with Gasteiger partial charge >= 0.3 is 5.69 Å². The first-order valence-electron chi connectivity index (χ1n) is 7.66. The number of rotatable bonds is 7. The standard InChI is InChI=1S/C15H25N3O3S/c1-5-17(4)12-6-7-18(15(19)16-12)13-10-22-14(21-13)9-20-8-11(2)3/h6-7,11,13-14H,5,8-10H2,1-4H3/t13-,14+/m1/s1. The molecule has 7 heteroatoms. The fourth-order valence-electron chi connectivity index (χ4n) is 2.07. The van der Waals surface area contributed by atoms with Gasteiger partial charge in [-0.25, -0.2) is 4.79 Å². The molecule has 0 spiro atoms. The molecule has 1 aromatic rings. The Balaban J connectivity index is 1.94. The van der Waals surface area contributed by atoms with Crippen molar-refractivity contribution in [1.29, 1.82) is 0 Å². The topological polar surface area (TPSA) is 56.6 Å². The van der Waals surface area contributed by atoms with E-state index in [9.17, 15) is 4.79 Å². The van der Waals surface area contributed by atoms with Gasteiger partial charge in [-0.3, -0.25) is 4.57 Å². The molecule has 22 heavy (non-hydrogen) atoms. The van der Waals surface area contributed by atoms with Crippen LogP contribution in [-0.2, 0) is 9.47 Å². The Kier molecular flexibility index (Phi) is 6.28. The van der Waals surface area contributed by atoms with E-state index in [1.807, 2.05) is 24.9 Å². The minimum atomic E-state index is -0.271. The quantitative estimate of drug-likeness (QED) is 0.763. The molecule has 0 unspecified atom stereocenters. The Morgan fingerprint density at radius 1 is 1.59 bits per heavy atom. The van der Waals surface area contributed by atoms with Crippen LogP contribution in [0.5, 0.6) is 0 Å². The second-order valence-corrected chi connectivity index (χ2v) is 6.97. The van der Waals surface area contributed by atoms with Gasteiger partial charge in [0, 0.05) is 32.1 Å². The van der Waals surface area contributed by atoms with E-state index in [4.69, 9.17) is 9.47 Å². The maximum Gasteiger partial charge on any atom is 0.351 e. The molecule has 0 aromatic carbocycles. The molecule has 1 aliphatic heterocycles. The van der Waals surface area contributed by atoms with Crippen molar-refractivity contribution in [3.05, 3.63) is 22.7 Å². The Morgan fingerprint density at radius 3 is 3.00 bits per heavy atom. The van der Waals surface area contributed by atoms with Gasteiger partial charge in [-0.15, -0.1) is 11.8 Å². The van der Waals surface area contributed by atoms with Crippen LogP contribution >= 0.6 is 11.8 Å². The number of anilines is 1. The maximum absolute atomic E-state index is 12.2. The van der Waals surface area contributed by atoms with E-state index in [0.29, 0.717) is 18.3 Å². The second kappa shape index (κ2) is 7.99. The van der Waals surface area contributed by atoms with Crippen LogP contribution in [0.1, 0.15) is 27.0 Å². The van der Waals surface area contributed by atoms with Crippen LogP contribution in [0.3, 0.4) is 0 Å². The lowest BCUT2D eigenvalue weighted by Gasteiger charge is -2.18. The summed E-state index contributed by atoms with van der Waals surface area (Å²) in [4.78, 5) is 18.2. The largest absolute Gasteiger partial charge is 0.378 e. The fraction of sp³-hybridized carbons (Fsp3) is 0.733. The van der Waals surface area contributed by atoms with Crippen LogP contribution < -0.4 is 10.6 Å². The van der Waals surface area contributed by atoms with Crippen molar-refractivity contribution in [3.63, 3.8) is 0 Å². The maximum atomic E-state index is 12.2. The average Bonchev–Trinajstić information content (AvgIpc) is 2.94. The van der Waals surface area contributed by atoms with Gasteiger partial charge in [0.05, 0.1) is 6.61 Å². The highest BCUT2D eigenvalue weighted by Gasteiger charge is 2.28. The molecule has 1 saturated heterocycles. The summed E-state index contributed by atoms with van der Waals surface area (Å²) in [6.07, 6.45) is 1.50. The minimum Gasteiger partial charge on any atom is -0.378 e. The van der Waals surface area contributed by atoms with E-state index >= 15 is 0 Å². The lowest BCUT2D eigenvalue weighted by Crippen LogP contribution is -2.30. The molecular weight excluding hydrogens is 302 g/mol. The summed E-state index contributed by atoms with van der Waals surface area (Å²) in [5.74, 6) is 1.93. The van der Waals surface area contributed by atoms with Gasteiger partial charge in [0.25, 0.3) is 0 Å². The predicted molar refractivity (Wildman–Crippen MR) is 89.5 cm³/mol. The summed E-state index contributed by atoms with van der Waals surface area (Å²) in [6, 6.07) is 1.85. The van der Waals surface area contributed by atoms with E-state index in [2.05, 4.69) is 18.8 Å². The molecule has 0 amide bonds. The lowest BCUT2D eigenvalue weighted by atomic mass is 10.2. The molecule has 124 valence electrons. The zero-order chi connectivity index (χ0) is 16.1. The van der Waals surface area contributed by atoms with Crippen LogP contribution in [0.15, 0.2) is 17.1 Å². The molecule has 2 heterocycles. The van der Waals surface area contributed by atoms with Crippen molar-refractivity contribution in [3.8, 4) is 0 Å². The highest BCUT2D eigenvalue weighted by molar-refractivity contribution is 8.00. The molecular formula is C15H25N3O3S. The number of aromatic nitrogens is 2. The van der Waals surface area contributed by atoms with E-state index in [0.717, 1.165) is 18.9 Å². The molecule has 0 aliphatic carbocycles. The first kappa shape index (κ1) is 17.3. The van der Waals surface area contributed by atoms with Crippen molar-refractivity contribution in [2.45, 2.75) is 32.4 Å². The van der Waals surface area contributed by atoms with Gasteiger partial charge in [0.2, 0.25) is 0 Å². The van der Waals surface area contributed by atoms with Gasteiger partial charge in [-0.05, 0) is 18.9 Å². The Hall–Kier alpha value is -1.05. The molecule has 1 aromatic heterocycles. The highest BCUT2D eigenvalue weighted by Crippen LogP contribution is 2.31. The molecule has 0 bridgehead atoms. The average molecular weight is 327 g/mol. The molecule has 0 radical (unpaired) electrons. The van der Waals surface area contributed by atoms with Crippen LogP contribution in [-0.4, -0.2) is 47.5 Å². The van der Waals surface area contributed by atoms with E-state index in [1.54, 1.807) is 22.5 Å². The number of thioether (sulfide) groups is 1. The van der Waals surface area contributed by atoms with E-state index < -0.39 is 0 Å². The lowest BCUT2D eigenvalue weighted by molar-refractivity contribution is -0.0286. The fourth-order valence-corrected chi connectivity index (χ4v) is 3.09. The summed E-state index contributed by atoms with van der Waals surface area (Å²) in [7, 11) is 1.91. The van der Waals surface area contributed by atoms with Gasteiger partial charge in [-0.1, -0.05) is 13.8 Å². The number of nitrogens with zero attached hydrogens (tertiary/aromatic N) is 3. The minimum absolute atomic E-state index is 0.0198. The van der Waals surface area contributed by atoms with Gasteiger partial charge in [-0.2, -0.15) is 4.98 Å². The third kappa shape index (κ3) is 4.47. The van der Waals surface area contributed by atoms with Gasteiger partial charge < -0.3 is 14.4 Å². The van der Waals surface area contributed by atoms with Crippen molar-refractivity contribution >= 4 is 17.6 Å². The first-order valence-corrected chi connectivity index (χ1v) is 8.71. The van der Waals surface area contributed by atoms with Crippen LogP contribution in [0.25, 0.3) is 0 Å². The van der Waals surface area contributed by atoms with Crippen molar-refractivity contribution in [1.82, 2.24) is 9.55 Å². The Bertz CT molecular complexity index is 535. The third-order valence-corrected chi connectivity index (χ3v) is 4.53. The van der Waals surface area contributed by atoms with Crippen molar-refractivity contribution in [2.75, 3.05) is 37.5 Å². The van der Waals surface area contributed by atoms with Crippen molar-refractivity contribution < 1.29 is 9.47 Å². The Labute approximate surface area is 135 Å². The summed E-state index contributed by atoms with van der Waals surface area (Å²) >= 11 is 1.68. The number of ether oxygens (including phenoxy) is 2. The Morgan fingerprint density at radius 2 is 2.36 bits per heavy atom. The zero-order valence-electron chi connectivity index (χ0n) is 13.7. The van der Waals surface area contributed by atoms with Crippen LogP contribution in [0.4, 0.5) is 5.82 Å². The third-order valence-electron chi connectivity index (χ3n) is 3.43. The summed E-state index contributed by atoms with van der Waals surface area (Å²) < 4.78 is 13.0. The zero-order valence-corrected chi connectivity index (χ0v) is 14.5. The number of hydrogen-bond acceptors (Lipinski definition) is 6. The summed E-state index contributed by atoms with van der Waals surface area (Å²) in [5.41, 5.74) is -0.291. The van der Waals surface area contributed by atoms with Gasteiger partial charge in [0.1, 0.15) is 17.5 Å². The molecule has 2 rings (SSSR count). The normalized spacial score (nSPS) is 21.5. The molecule has 2 atom stereocenters. The molecule has 0 N–H and O–H groups in total. The monoisotopic (exact) mass is 327 g/mol. The highest BCUT2D eigenvalue weighted by atomic mass is 32.2. The second-order valence-electron chi connectivity index (χ2n) is 5.77.